The fourth-order valence-electron chi connectivity index (χ4n) is 1.81. The molecule has 0 saturated carbocycles. The highest BCUT2D eigenvalue weighted by Gasteiger charge is 2.19. The van der Waals surface area contributed by atoms with Crippen LogP contribution in [0.15, 0.2) is 39.9 Å². The zero-order chi connectivity index (χ0) is 16.5. The van der Waals surface area contributed by atoms with E-state index in [1.807, 2.05) is 12.1 Å². The van der Waals surface area contributed by atoms with Crippen LogP contribution in [0.4, 0.5) is 5.69 Å². The highest BCUT2D eigenvalue weighted by Crippen LogP contribution is 2.26. The van der Waals surface area contributed by atoms with Crippen molar-refractivity contribution >= 4 is 33.0 Å². The normalized spacial score (nSPS) is 12.1. The summed E-state index contributed by atoms with van der Waals surface area (Å²) in [5.41, 5.74) is 1.49. The van der Waals surface area contributed by atoms with Gasteiger partial charge in [-0.3, -0.25) is 4.72 Å². The van der Waals surface area contributed by atoms with E-state index in [1.165, 1.54) is 5.38 Å². The smallest absolute Gasteiger partial charge is 0.336 e. The topological polar surface area (TPSA) is 83.5 Å². The second-order valence-electron chi connectivity index (χ2n) is 5.89. The van der Waals surface area contributed by atoms with E-state index in [-0.39, 0.29) is 15.2 Å². The van der Waals surface area contributed by atoms with Crippen molar-refractivity contribution in [2.45, 2.75) is 30.4 Å². The maximum atomic E-state index is 12.2. The minimum absolute atomic E-state index is 0.0124. The fraction of sp³-hybridized carbons (Fsp3) is 0.267. The summed E-state index contributed by atoms with van der Waals surface area (Å²) >= 11 is 0.880. The molecule has 22 heavy (non-hydrogen) atoms. The van der Waals surface area contributed by atoms with Gasteiger partial charge in [0.2, 0.25) is 0 Å². The van der Waals surface area contributed by atoms with Gasteiger partial charge in [-0.1, -0.05) is 32.9 Å². The van der Waals surface area contributed by atoms with E-state index in [0.29, 0.717) is 5.69 Å². The van der Waals surface area contributed by atoms with Crippen molar-refractivity contribution < 1.29 is 18.3 Å². The Bertz CT molecular complexity index is 784. The lowest BCUT2D eigenvalue weighted by Crippen LogP contribution is -2.13. The average Bonchev–Trinajstić information content (AvgIpc) is 2.88. The van der Waals surface area contributed by atoms with Gasteiger partial charge in [0, 0.05) is 11.1 Å². The Morgan fingerprint density at radius 3 is 2.23 bits per heavy atom. The molecule has 0 bridgehead atoms. The summed E-state index contributed by atoms with van der Waals surface area (Å²) in [5.74, 6) is -1.15. The maximum absolute atomic E-state index is 12.2. The van der Waals surface area contributed by atoms with E-state index in [0.717, 1.165) is 23.0 Å². The minimum Gasteiger partial charge on any atom is -0.478 e. The van der Waals surface area contributed by atoms with Crippen molar-refractivity contribution in [2.24, 2.45) is 0 Å². The van der Waals surface area contributed by atoms with Crippen molar-refractivity contribution in [2.75, 3.05) is 4.72 Å². The first kappa shape index (κ1) is 16.5. The molecule has 118 valence electrons. The Hall–Kier alpha value is -1.86. The molecule has 0 unspecified atom stereocenters. The molecule has 0 aliphatic heterocycles. The number of anilines is 1. The number of aromatic carboxylic acids is 1. The second kappa shape index (κ2) is 5.73. The Morgan fingerprint density at radius 1 is 1.18 bits per heavy atom. The van der Waals surface area contributed by atoms with Crippen LogP contribution in [-0.4, -0.2) is 19.5 Å². The van der Waals surface area contributed by atoms with E-state index in [2.05, 4.69) is 25.5 Å². The zero-order valence-electron chi connectivity index (χ0n) is 12.5. The van der Waals surface area contributed by atoms with E-state index >= 15 is 0 Å². The Balaban J connectivity index is 2.23. The first-order chi connectivity index (χ1) is 10.1. The molecule has 7 heteroatoms. The summed E-state index contributed by atoms with van der Waals surface area (Å²) < 4.78 is 26.9. The maximum Gasteiger partial charge on any atom is 0.336 e. The van der Waals surface area contributed by atoms with Gasteiger partial charge in [-0.25, -0.2) is 13.2 Å². The number of hydrogen-bond donors (Lipinski definition) is 2. The third-order valence-corrected chi connectivity index (χ3v) is 5.91. The summed E-state index contributed by atoms with van der Waals surface area (Å²) in [6.07, 6.45) is 0. The zero-order valence-corrected chi connectivity index (χ0v) is 14.1. The van der Waals surface area contributed by atoms with Crippen LogP contribution in [0.1, 0.15) is 36.7 Å². The van der Waals surface area contributed by atoms with Gasteiger partial charge in [0.1, 0.15) is 4.21 Å². The molecule has 0 aliphatic rings. The van der Waals surface area contributed by atoms with Gasteiger partial charge in [-0.2, -0.15) is 0 Å². The molecule has 5 nitrogen and oxygen atoms in total. The van der Waals surface area contributed by atoms with Crippen LogP contribution >= 0.6 is 11.3 Å². The number of hydrogen-bond acceptors (Lipinski definition) is 4. The van der Waals surface area contributed by atoms with E-state index < -0.39 is 16.0 Å². The Labute approximate surface area is 133 Å². The molecule has 0 aliphatic carbocycles. The standard InChI is InChI=1S/C15H17NO4S2/c1-15(2,3)11-4-6-12(7-5-11)16-22(19,20)13-8-10(9-21-13)14(17)18/h4-9,16H,1-3H3,(H,17,18). The summed E-state index contributed by atoms with van der Waals surface area (Å²) in [5, 5.41) is 10.2. The van der Waals surface area contributed by atoms with Crippen LogP contribution in [0.3, 0.4) is 0 Å². The van der Waals surface area contributed by atoms with Crippen LogP contribution in [0.25, 0.3) is 0 Å². The quantitative estimate of drug-likeness (QED) is 0.892. The highest BCUT2D eigenvalue weighted by atomic mass is 32.2. The predicted molar refractivity (Wildman–Crippen MR) is 87.2 cm³/mol. The number of carbonyl (C=O) groups is 1. The van der Waals surface area contributed by atoms with Crippen LogP contribution in [0, 0.1) is 0 Å². The number of benzene rings is 1. The minimum atomic E-state index is -3.77. The second-order valence-corrected chi connectivity index (χ2v) is 8.71. The number of carboxylic acids is 1. The lowest BCUT2D eigenvalue weighted by atomic mass is 9.87. The number of sulfonamides is 1. The molecule has 0 atom stereocenters. The molecule has 0 spiro atoms. The molecule has 2 rings (SSSR count). The van der Waals surface area contributed by atoms with Crippen molar-refractivity contribution in [3.63, 3.8) is 0 Å². The van der Waals surface area contributed by atoms with Crippen molar-refractivity contribution in [1.29, 1.82) is 0 Å². The summed E-state index contributed by atoms with van der Waals surface area (Å²) in [7, 11) is -3.77. The Kier molecular flexibility index (Phi) is 4.30. The van der Waals surface area contributed by atoms with E-state index in [9.17, 15) is 13.2 Å². The molecule has 0 radical (unpaired) electrons. The summed E-state index contributed by atoms with van der Waals surface area (Å²) in [6, 6.07) is 8.29. The first-order valence-electron chi connectivity index (χ1n) is 6.55. The van der Waals surface area contributed by atoms with Crippen molar-refractivity contribution in [1.82, 2.24) is 0 Å². The highest BCUT2D eigenvalue weighted by molar-refractivity contribution is 7.94. The molecule has 0 saturated heterocycles. The summed E-state index contributed by atoms with van der Waals surface area (Å²) in [4.78, 5) is 10.8. The monoisotopic (exact) mass is 339 g/mol. The SMILES string of the molecule is CC(C)(C)c1ccc(NS(=O)(=O)c2cc(C(=O)O)cs2)cc1. The third kappa shape index (κ3) is 3.66. The van der Waals surface area contributed by atoms with Gasteiger partial charge in [0.25, 0.3) is 10.0 Å². The molecule has 0 amide bonds. The van der Waals surface area contributed by atoms with Crippen LogP contribution < -0.4 is 4.72 Å². The van der Waals surface area contributed by atoms with Gasteiger partial charge in [-0.05, 0) is 29.2 Å². The van der Waals surface area contributed by atoms with Crippen molar-refractivity contribution in [3.8, 4) is 0 Å². The van der Waals surface area contributed by atoms with Gasteiger partial charge in [0.15, 0.2) is 0 Å². The molecule has 1 heterocycles. The van der Waals surface area contributed by atoms with Gasteiger partial charge in [-0.15, -0.1) is 11.3 Å². The van der Waals surface area contributed by atoms with E-state index in [1.54, 1.807) is 12.1 Å². The van der Waals surface area contributed by atoms with Crippen molar-refractivity contribution in [3.05, 3.63) is 46.8 Å². The number of rotatable bonds is 4. The molecular weight excluding hydrogens is 322 g/mol. The number of thiophene rings is 1. The number of nitrogens with one attached hydrogen (secondary N) is 1. The first-order valence-corrected chi connectivity index (χ1v) is 8.91. The van der Waals surface area contributed by atoms with Gasteiger partial charge < -0.3 is 5.11 Å². The van der Waals surface area contributed by atoms with Crippen LogP contribution in [0.2, 0.25) is 0 Å². The summed E-state index contributed by atoms with van der Waals surface area (Å²) in [6.45, 7) is 6.22. The molecule has 2 aromatic rings. The van der Waals surface area contributed by atoms with Gasteiger partial charge >= 0.3 is 5.97 Å². The number of carboxylic acid groups (broad SMARTS) is 1. The van der Waals surface area contributed by atoms with Crippen LogP contribution in [-0.2, 0) is 15.4 Å². The largest absolute Gasteiger partial charge is 0.478 e. The molecule has 0 fully saturated rings. The molecule has 1 aromatic heterocycles. The Morgan fingerprint density at radius 2 is 1.77 bits per heavy atom. The molecule has 2 N–H and O–H groups in total. The fourth-order valence-corrected chi connectivity index (χ4v) is 4.03. The van der Waals surface area contributed by atoms with Gasteiger partial charge in [0.05, 0.1) is 5.56 Å². The van der Waals surface area contributed by atoms with E-state index in [4.69, 9.17) is 5.11 Å². The predicted octanol–water partition coefficient (Wildman–Crippen LogP) is 3.54. The average molecular weight is 339 g/mol. The lowest BCUT2D eigenvalue weighted by molar-refractivity contribution is 0.0697. The third-order valence-electron chi connectivity index (χ3n) is 3.09. The molecule has 1 aromatic carbocycles. The lowest BCUT2D eigenvalue weighted by Gasteiger charge is -2.19. The molecular formula is C15H17NO4S2. The van der Waals surface area contributed by atoms with Crippen LogP contribution in [0.5, 0.6) is 0 Å².